The Morgan fingerprint density at radius 3 is 2.62 bits per heavy atom. The van der Waals surface area contributed by atoms with Crippen molar-refractivity contribution in [2.24, 2.45) is 0 Å². The van der Waals surface area contributed by atoms with Crippen molar-refractivity contribution < 1.29 is 14.3 Å². The molecule has 0 fully saturated rings. The van der Waals surface area contributed by atoms with Crippen molar-refractivity contribution in [3.8, 4) is 11.5 Å². The Labute approximate surface area is 146 Å². The lowest BCUT2D eigenvalue weighted by molar-refractivity contribution is -0.122. The van der Waals surface area contributed by atoms with Gasteiger partial charge >= 0.3 is 0 Å². The summed E-state index contributed by atoms with van der Waals surface area (Å²) < 4.78 is 10.6. The van der Waals surface area contributed by atoms with E-state index < -0.39 is 0 Å². The molecule has 1 amide bonds. The molecule has 24 heavy (non-hydrogen) atoms. The molecule has 2 aromatic rings. The summed E-state index contributed by atoms with van der Waals surface area (Å²) >= 11 is 5.87. The van der Waals surface area contributed by atoms with E-state index in [1.165, 1.54) is 0 Å². The van der Waals surface area contributed by atoms with Crippen LogP contribution in [-0.2, 0) is 17.9 Å². The summed E-state index contributed by atoms with van der Waals surface area (Å²) in [6.45, 7) is 1.73. The van der Waals surface area contributed by atoms with Gasteiger partial charge in [-0.3, -0.25) is 9.69 Å². The van der Waals surface area contributed by atoms with Gasteiger partial charge in [-0.2, -0.15) is 0 Å². The summed E-state index contributed by atoms with van der Waals surface area (Å²) in [5.74, 6) is 1.44. The molecule has 6 heteroatoms. The Bertz CT molecular complexity index is 719. The van der Waals surface area contributed by atoms with Crippen LogP contribution in [0.15, 0.2) is 42.5 Å². The Morgan fingerprint density at radius 2 is 1.83 bits per heavy atom. The molecule has 0 atom stereocenters. The van der Waals surface area contributed by atoms with Gasteiger partial charge in [0.2, 0.25) is 12.7 Å². The average Bonchev–Trinajstić information content (AvgIpc) is 3.02. The van der Waals surface area contributed by atoms with E-state index in [-0.39, 0.29) is 12.7 Å². The van der Waals surface area contributed by atoms with Gasteiger partial charge in [-0.1, -0.05) is 29.8 Å². The smallest absolute Gasteiger partial charge is 0.234 e. The van der Waals surface area contributed by atoms with E-state index in [9.17, 15) is 4.79 Å². The molecule has 0 unspecified atom stereocenters. The lowest BCUT2D eigenvalue weighted by Crippen LogP contribution is -2.34. The third-order valence-corrected chi connectivity index (χ3v) is 3.96. The van der Waals surface area contributed by atoms with Crippen LogP contribution in [0.3, 0.4) is 0 Å². The molecule has 5 nitrogen and oxygen atoms in total. The molecule has 1 N–H and O–H groups in total. The van der Waals surface area contributed by atoms with Gasteiger partial charge in [0.15, 0.2) is 11.5 Å². The molecule has 0 spiro atoms. The van der Waals surface area contributed by atoms with E-state index in [0.29, 0.717) is 24.7 Å². The maximum absolute atomic E-state index is 12.1. The summed E-state index contributed by atoms with van der Waals surface area (Å²) in [5.41, 5.74) is 2.10. The number of carbonyl (C=O) groups excluding carboxylic acids is 1. The first-order valence-electron chi connectivity index (χ1n) is 7.68. The summed E-state index contributed by atoms with van der Waals surface area (Å²) in [6, 6.07) is 13.3. The molecule has 0 saturated heterocycles. The first-order valence-corrected chi connectivity index (χ1v) is 8.06. The van der Waals surface area contributed by atoms with E-state index in [1.807, 2.05) is 54.4 Å². The summed E-state index contributed by atoms with van der Waals surface area (Å²) in [5, 5.41) is 3.63. The van der Waals surface area contributed by atoms with Crippen LogP contribution in [0.4, 0.5) is 0 Å². The van der Waals surface area contributed by atoms with Crippen LogP contribution < -0.4 is 14.8 Å². The third-order valence-electron chi connectivity index (χ3n) is 3.71. The number of hydrogen-bond acceptors (Lipinski definition) is 4. The van der Waals surface area contributed by atoms with E-state index in [1.54, 1.807) is 0 Å². The van der Waals surface area contributed by atoms with Crippen molar-refractivity contribution in [2.75, 3.05) is 20.4 Å². The highest BCUT2D eigenvalue weighted by Crippen LogP contribution is 2.32. The van der Waals surface area contributed by atoms with Gasteiger partial charge in [-0.25, -0.2) is 0 Å². The Morgan fingerprint density at radius 1 is 1.12 bits per heavy atom. The molecule has 0 aromatic heterocycles. The lowest BCUT2D eigenvalue weighted by atomic mass is 10.2. The zero-order chi connectivity index (χ0) is 16.9. The van der Waals surface area contributed by atoms with Gasteiger partial charge in [0.25, 0.3) is 0 Å². The quantitative estimate of drug-likeness (QED) is 0.874. The third kappa shape index (κ3) is 4.40. The molecule has 3 rings (SSSR count). The van der Waals surface area contributed by atoms with E-state index >= 15 is 0 Å². The number of amides is 1. The minimum absolute atomic E-state index is 0.0240. The number of benzene rings is 2. The first-order chi connectivity index (χ1) is 11.6. The molecule has 0 aliphatic carbocycles. The monoisotopic (exact) mass is 346 g/mol. The molecular formula is C18H19ClN2O3. The van der Waals surface area contributed by atoms with Crippen molar-refractivity contribution >= 4 is 17.5 Å². The van der Waals surface area contributed by atoms with Crippen molar-refractivity contribution in [2.45, 2.75) is 13.1 Å². The fourth-order valence-corrected chi connectivity index (χ4v) is 2.64. The molecule has 1 heterocycles. The molecule has 0 saturated carbocycles. The van der Waals surface area contributed by atoms with Gasteiger partial charge in [-0.05, 0) is 42.4 Å². The average molecular weight is 347 g/mol. The molecule has 0 radical (unpaired) electrons. The number of ether oxygens (including phenoxy) is 2. The van der Waals surface area contributed by atoms with Crippen LogP contribution in [-0.4, -0.2) is 31.2 Å². The maximum atomic E-state index is 12.1. The van der Waals surface area contributed by atoms with Crippen LogP contribution in [0.25, 0.3) is 0 Å². The van der Waals surface area contributed by atoms with E-state index in [0.717, 1.165) is 22.6 Å². The van der Waals surface area contributed by atoms with Crippen LogP contribution in [0.1, 0.15) is 11.1 Å². The Balaban J connectivity index is 1.46. The molecule has 126 valence electrons. The SMILES string of the molecule is CN(CC(=O)NCc1ccc2c(c1)OCO2)Cc1ccc(Cl)cc1. The zero-order valence-corrected chi connectivity index (χ0v) is 14.2. The molecular weight excluding hydrogens is 328 g/mol. The number of hydrogen-bond donors (Lipinski definition) is 1. The highest BCUT2D eigenvalue weighted by Gasteiger charge is 2.13. The minimum atomic E-state index is -0.0240. The van der Waals surface area contributed by atoms with Gasteiger partial charge < -0.3 is 14.8 Å². The zero-order valence-electron chi connectivity index (χ0n) is 13.4. The standard InChI is InChI=1S/C18H19ClN2O3/c1-21(10-13-2-5-15(19)6-3-13)11-18(22)20-9-14-4-7-16-17(8-14)24-12-23-16/h2-8H,9-12H2,1H3,(H,20,22). The summed E-state index contributed by atoms with van der Waals surface area (Å²) in [7, 11) is 1.91. The van der Waals surface area contributed by atoms with Crippen molar-refractivity contribution in [1.29, 1.82) is 0 Å². The fraction of sp³-hybridized carbons (Fsp3) is 0.278. The van der Waals surface area contributed by atoms with E-state index in [2.05, 4.69) is 5.32 Å². The second-order valence-corrected chi connectivity index (χ2v) is 6.20. The highest BCUT2D eigenvalue weighted by atomic mass is 35.5. The Hall–Kier alpha value is -2.24. The Kier molecular flexibility index (Phi) is 5.23. The maximum Gasteiger partial charge on any atom is 0.234 e. The molecule has 1 aliphatic heterocycles. The van der Waals surface area contributed by atoms with Crippen molar-refractivity contribution in [3.63, 3.8) is 0 Å². The number of halogens is 1. The second-order valence-electron chi connectivity index (χ2n) is 5.76. The van der Waals surface area contributed by atoms with Gasteiger partial charge in [0.05, 0.1) is 6.54 Å². The second kappa shape index (κ2) is 7.55. The minimum Gasteiger partial charge on any atom is -0.454 e. The van der Waals surface area contributed by atoms with Gasteiger partial charge in [0, 0.05) is 18.1 Å². The van der Waals surface area contributed by atoms with Crippen molar-refractivity contribution in [1.82, 2.24) is 10.2 Å². The molecule has 1 aliphatic rings. The van der Waals surface area contributed by atoms with Gasteiger partial charge in [-0.15, -0.1) is 0 Å². The molecule has 0 bridgehead atoms. The largest absolute Gasteiger partial charge is 0.454 e. The number of carbonyl (C=O) groups is 1. The predicted octanol–water partition coefficient (Wildman–Crippen LogP) is 2.82. The summed E-state index contributed by atoms with van der Waals surface area (Å²) in [6.07, 6.45) is 0. The number of nitrogens with zero attached hydrogens (tertiary/aromatic N) is 1. The van der Waals surface area contributed by atoms with Crippen LogP contribution >= 0.6 is 11.6 Å². The highest BCUT2D eigenvalue weighted by molar-refractivity contribution is 6.30. The number of fused-ring (bicyclic) bond motifs is 1. The number of nitrogens with one attached hydrogen (secondary N) is 1. The van der Waals surface area contributed by atoms with Crippen LogP contribution in [0.5, 0.6) is 11.5 Å². The number of likely N-dealkylation sites (N-methyl/N-ethyl adjacent to an activating group) is 1. The van der Waals surface area contributed by atoms with Crippen LogP contribution in [0, 0.1) is 0 Å². The normalized spacial score (nSPS) is 12.5. The summed E-state index contributed by atoms with van der Waals surface area (Å²) in [4.78, 5) is 14.0. The number of rotatable bonds is 6. The fourth-order valence-electron chi connectivity index (χ4n) is 2.51. The first kappa shape index (κ1) is 16.6. The van der Waals surface area contributed by atoms with E-state index in [4.69, 9.17) is 21.1 Å². The molecule has 2 aromatic carbocycles. The topological polar surface area (TPSA) is 50.8 Å². The lowest BCUT2D eigenvalue weighted by Gasteiger charge is -2.16. The van der Waals surface area contributed by atoms with Crippen LogP contribution in [0.2, 0.25) is 5.02 Å². The predicted molar refractivity (Wildman–Crippen MR) is 92.2 cm³/mol. The van der Waals surface area contributed by atoms with Crippen molar-refractivity contribution in [3.05, 3.63) is 58.6 Å². The van der Waals surface area contributed by atoms with Gasteiger partial charge in [0.1, 0.15) is 0 Å².